The number of hydrogen-bond donors (Lipinski definition) is 2. The molecule has 66 valence electrons. The van der Waals surface area contributed by atoms with Crippen LogP contribution < -0.4 is 5.73 Å². The van der Waals surface area contributed by atoms with E-state index in [0.29, 0.717) is 5.75 Å². The molecule has 0 saturated heterocycles. The average Bonchev–Trinajstić information content (AvgIpc) is 2.28. The van der Waals surface area contributed by atoms with Crippen LogP contribution in [0.5, 0.6) is 0 Å². The Hall–Kier alpha value is -0.970. The Labute approximate surface area is 75.0 Å². The number of hydrogen-bond acceptors (Lipinski definition) is 4. The molecule has 0 saturated carbocycles. The minimum atomic E-state index is 0.120. The largest absolute Gasteiger partial charge is 0.379 e. The lowest BCUT2D eigenvalue weighted by Crippen LogP contribution is -2.04. The van der Waals surface area contributed by atoms with Gasteiger partial charge in [-0.05, 0) is 13.8 Å². The predicted molar refractivity (Wildman–Crippen MR) is 49.2 cm³/mol. The minimum Gasteiger partial charge on any atom is -0.379 e. The Bertz CT molecular complexity index is 275. The van der Waals surface area contributed by atoms with Crippen LogP contribution in [0.15, 0.2) is 4.52 Å². The second-order valence-corrected chi connectivity index (χ2v) is 3.47. The summed E-state index contributed by atoms with van der Waals surface area (Å²) >= 11 is 1.28. The highest BCUT2D eigenvalue weighted by Crippen LogP contribution is 2.18. The van der Waals surface area contributed by atoms with Crippen LogP contribution >= 0.6 is 11.8 Å². The van der Waals surface area contributed by atoms with Gasteiger partial charge in [0.05, 0.1) is 5.69 Å². The van der Waals surface area contributed by atoms with Crippen LogP contribution in [0.1, 0.15) is 17.0 Å². The zero-order valence-corrected chi connectivity index (χ0v) is 7.86. The summed E-state index contributed by atoms with van der Waals surface area (Å²) in [7, 11) is 0. The second kappa shape index (κ2) is 3.62. The summed E-state index contributed by atoms with van der Waals surface area (Å²) in [5.74, 6) is 1.47. The number of aromatic nitrogens is 1. The fourth-order valence-corrected chi connectivity index (χ4v) is 1.57. The van der Waals surface area contributed by atoms with Gasteiger partial charge in [-0.3, -0.25) is 5.41 Å². The normalized spacial score (nSPS) is 10.2. The van der Waals surface area contributed by atoms with Crippen molar-refractivity contribution in [3.63, 3.8) is 0 Å². The van der Waals surface area contributed by atoms with Crippen molar-refractivity contribution in [3.05, 3.63) is 17.0 Å². The first kappa shape index (κ1) is 9.12. The molecule has 0 amide bonds. The summed E-state index contributed by atoms with van der Waals surface area (Å²) in [5.41, 5.74) is 7.12. The molecule has 0 spiro atoms. The summed E-state index contributed by atoms with van der Waals surface area (Å²) in [6.07, 6.45) is 0. The van der Waals surface area contributed by atoms with E-state index < -0.39 is 0 Å². The van der Waals surface area contributed by atoms with E-state index in [-0.39, 0.29) is 5.17 Å². The van der Waals surface area contributed by atoms with E-state index in [4.69, 9.17) is 15.7 Å². The molecular formula is C7H11N3OS. The molecule has 0 radical (unpaired) electrons. The third-order valence-corrected chi connectivity index (χ3v) is 2.30. The summed E-state index contributed by atoms with van der Waals surface area (Å²) in [4.78, 5) is 0. The fraction of sp³-hybridized carbons (Fsp3) is 0.429. The number of amidine groups is 1. The smallest absolute Gasteiger partial charge is 0.151 e. The van der Waals surface area contributed by atoms with Crippen molar-refractivity contribution in [1.82, 2.24) is 5.16 Å². The molecule has 4 nitrogen and oxygen atoms in total. The lowest BCUT2D eigenvalue weighted by atomic mass is 10.2. The Balaban J connectivity index is 2.68. The van der Waals surface area contributed by atoms with Gasteiger partial charge >= 0.3 is 0 Å². The van der Waals surface area contributed by atoms with Crippen LogP contribution in [0.2, 0.25) is 0 Å². The van der Waals surface area contributed by atoms with Gasteiger partial charge in [0.1, 0.15) is 5.76 Å². The van der Waals surface area contributed by atoms with E-state index in [1.54, 1.807) is 0 Å². The Morgan fingerprint density at radius 2 is 2.33 bits per heavy atom. The van der Waals surface area contributed by atoms with Crippen molar-refractivity contribution in [1.29, 1.82) is 5.41 Å². The van der Waals surface area contributed by atoms with Crippen LogP contribution in [0.4, 0.5) is 0 Å². The van der Waals surface area contributed by atoms with Gasteiger partial charge in [-0.15, -0.1) is 0 Å². The van der Waals surface area contributed by atoms with Gasteiger partial charge in [0.15, 0.2) is 5.17 Å². The number of nitrogens with two attached hydrogens (primary N) is 1. The predicted octanol–water partition coefficient (Wildman–Crippen LogP) is 1.42. The zero-order chi connectivity index (χ0) is 9.14. The standard InChI is InChI=1S/C7H11N3OS/c1-4-6(3-12-7(8)9)5(2)11-10-4/h3H2,1-2H3,(H3,8,9). The maximum absolute atomic E-state index is 7.03. The van der Waals surface area contributed by atoms with E-state index in [9.17, 15) is 0 Å². The van der Waals surface area contributed by atoms with Crippen molar-refractivity contribution in [2.45, 2.75) is 19.6 Å². The lowest BCUT2D eigenvalue weighted by molar-refractivity contribution is 0.392. The molecule has 5 heteroatoms. The van der Waals surface area contributed by atoms with E-state index >= 15 is 0 Å². The minimum absolute atomic E-state index is 0.120. The van der Waals surface area contributed by atoms with Crippen LogP contribution in [0.25, 0.3) is 0 Å². The van der Waals surface area contributed by atoms with Crippen molar-refractivity contribution in [3.8, 4) is 0 Å². The Morgan fingerprint density at radius 1 is 1.67 bits per heavy atom. The van der Waals surface area contributed by atoms with Gasteiger partial charge in [0.25, 0.3) is 0 Å². The third-order valence-electron chi connectivity index (χ3n) is 1.55. The molecule has 1 aromatic heterocycles. The van der Waals surface area contributed by atoms with E-state index in [1.807, 2.05) is 13.8 Å². The van der Waals surface area contributed by atoms with E-state index in [1.165, 1.54) is 11.8 Å². The fourth-order valence-electron chi connectivity index (χ4n) is 0.858. The van der Waals surface area contributed by atoms with Gasteiger partial charge < -0.3 is 10.3 Å². The number of rotatable bonds is 2. The first-order valence-electron chi connectivity index (χ1n) is 3.50. The van der Waals surface area contributed by atoms with E-state index in [0.717, 1.165) is 17.0 Å². The number of thioether (sulfide) groups is 1. The highest BCUT2D eigenvalue weighted by atomic mass is 32.2. The van der Waals surface area contributed by atoms with E-state index in [2.05, 4.69) is 5.16 Å². The van der Waals surface area contributed by atoms with Crippen LogP contribution in [-0.2, 0) is 5.75 Å². The van der Waals surface area contributed by atoms with Crippen molar-refractivity contribution in [2.24, 2.45) is 5.73 Å². The lowest BCUT2D eigenvalue weighted by Gasteiger charge is -1.96. The van der Waals surface area contributed by atoms with Gasteiger partial charge in [0.2, 0.25) is 0 Å². The third kappa shape index (κ3) is 2.01. The van der Waals surface area contributed by atoms with Gasteiger partial charge in [-0.25, -0.2) is 0 Å². The second-order valence-electron chi connectivity index (χ2n) is 2.46. The summed E-state index contributed by atoms with van der Waals surface area (Å²) in [5, 5.41) is 10.9. The monoisotopic (exact) mass is 185 g/mol. The van der Waals surface area contributed by atoms with Crippen molar-refractivity contribution >= 4 is 16.9 Å². The van der Waals surface area contributed by atoms with Crippen LogP contribution in [-0.4, -0.2) is 10.3 Å². The number of aryl methyl sites for hydroxylation is 2. The molecule has 0 atom stereocenters. The SMILES string of the molecule is Cc1noc(C)c1CSC(=N)N. The molecule has 1 rings (SSSR count). The average molecular weight is 185 g/mol. The van der Waals surface area contributed by atoms with Gasteiger partial charge in [0, 0.05) is 11.3 Å². The number of nitrogens with one attached hydrogen (secondary N) is 1. The summed E-state index contributed by atoms with van der Waals surface area (Å²) < 4.78 is 4.95. The molecule has 1 aromatic rings. The van der Waals surface area contributed by atoms with Gasteiger partial charge in [-0.2, -0.15) is 0 Å². The Kier molecular flexibility index (Phi) is 2.75. The molecule has 1 heterocycles. The Morgan fingerprint density at radius 3 is 2.75 bits per heavy atom. The van der Waals surface area contributed by atoms with Crippen LogP contribution in [0.3, 0.4) is 0 Å². The molecular weight excluding hydrogens is 174 g/mol. The summed E-state index contributed by atoms with van der Waals surface area (Å²) in [6, 6.07) is 0. The molecule has 0 aromatic carbocycles. The molecule has 0 unspecified atom stereocenters. The molecule has 0 fully saturated rings. The maximum atomic E-state index is 7.03. The zero-order valence-electron chi connectivity index (χ0n) is 7.05. The highest BCUT2D eigenvalue weighted by Gasteiger charge is 2.08. The van der Waals surface area contributed by atoms with Crippen molar-refractivity contribution < 1.29 is 4.52 Å². The van der Waals surface area contributed by atoms with Crippen molar-refractivity contribution in [2.75, 3.05) is 0 Å². The van der Waals surface area contributed by atoms with Crippen LogP contribution in [0, 0.1) is 19.3 Å². The maximum Gasteiger partial charge on any atom is 0.151 e. The quantitative estimate of drug-likeness (QED) is 0.539. The molecule has 3 N–H and O–H groups in total. The topological polar surface area (TPSA) is 75.9 Å². The summed E-state index contributed by atoms with van der Waals surface area (Å²) in [6.45, 7) is 3.74. The molecule has 0 bridgehead atoms. The van der Waals surface area contributed by atoms with Gasteiger partial charge in [-0.1, -0.05) is 16.9 Å². The molecule has 0 aliphatic rings. The molecule has 0 aliphatic heterocycles. The first-order chi connectivity index (χ1) is 5.61. The highest BCUT2D eigenvalue weighted by molar-refractivity contribution is 8.13. The molecule has 0 aliphatic carbocycles. The number of nitrogens with zero attached hydrogens (tertiary/aromatic N) is 1. The molecule has 12 heavy (non-hydrogen) atoms. The first-order valence-corrected chi connectivity index (χ1v) is 4.48.